The van der Waals surface area contributed by atoms with Gasteiger partial charge in [-0.1, -0.05) is 6.07 Å². The fourth-order valence-corrected chi connectivity index (χ4v) is 4.54. The molecule has 0 bridgehead atoms. The molecule has 39 heavy (non-hydrogen) atoms. The Bertz CT molecular complexity index is 1200. The summed E-state index contributed by atoms with van der Waals surface area (Å²) in [5.74, 6) is -1.58. The van der Waals surface area contributed by atoms with Crippen LogP contribution in [0.3, 0.4) is 0 Å². The zero-order valence-corrected chi connectivity index (χ0v) is 22.0. The average molecular weight is 541 g/mol. The lowest BCUT2D eigenvalue weighted by molar-refractivity contribution is -0.134. The molecule has 2 aromatic rings. The van der Waals surface area contributed by atoms with Crippen molar-refractivity contribution in [3.8, 4) is 5.75 Å². The minimum Gasteiger partial charge on any atom is -0.491 e. The Labute approximate surface area is 226 Å². The molecule has 1 fully saturated rings. The van der Waals surface area contributed by atoms with E-state index >= 15 is 0 Å². The summed E-state index contributed by atoms with van der Waals surface area (Å²) in [6.45, 7) is 7.36. The van der Waals surface area contributed by atoms with Crippen molar-refractivity contribution in [2.24, 2.45) is 5.92 Å². The molecule has 10 heteroatoms. The Balaban J connectivity index is 0.000000459. The van der Waals surface area contributed by atoms with Crippen molar-refractivity contribution in [3.05, 3.63) is 77.1 Å². The highest BCUT2D eigenvalue weighted by atomic mass is 19.1. The van der Waals surface area contributed by atoms with E-state index in [1.807, 2.05) is 36.9 Å². The Hall–Kier alpha value is -4.05. The number of amides is 1. The number of aliphatic carboxylic acids is 2. The number of ketones is 1. The number of hydrogen-bond donors (Lipinski definition) is 2. The molecule has 1 saturated heterocycles. The number of benzene rings is 2. The normalized spacial score (nSPS) is 15.7. The van der Waals surface area contributed by atoms with E-state index in [0.29, 0.717) is 36.7 Å². The van der Waals surface area contributed by atoms with Crippen LogP contribution >= 0.6 is 0 Å². The van der Waals surface area contributed by atoms with Crippen molar-refractivity contribution in [1.29, 1.82) is 0 Å². The third-order valence-electron chi connectivity index (χ3n) is 6.42. The number of hydrogen-bond acceptors (Lipinski definition) is 6. The predicted molar refractivity (Wildman–Crippen MR) is 141 cm³/mol. The van der Waals surface area contributed by atoms with Crippen molar-refractivity contribution >= 4 is 23.6 Å². The van der Waals surface area contributed by atoms with Gasteiger partial charge in [0.25, 0.3) is 5.91 Å². The number of carbonyl (C=O) groups excluding carboxylic acids is 2. The summed E-state index contributed by atoms with van der Waals surface area (Å²) in [7, 11) is 0. The maximum Gasteiger partial charge on any atom is 0.328 e. The number of likely N-dealkylation sites (tertiary alicyclic amines) is 1. The molecule has 0 aromatic heterocycles. The number of halogens is 1. The zero-order chi connectivity index (χ0) is 28.5. The van der Waals surface area contributed by atoms with Gasteiger partial charge in [0.15, 0.2) is 5.78 Å². The first-order valence-electron chi connectivity index (χ1n) is 12.8. The van der Waals surface area contributed by atoms with Gasteiger partial charge < -0.3 is 19.8 Å². The smallest absolute Gasteiger partial charge is 0.328 e. The van der Waals surface area contributed by atoms with Gasteiger partial charge in [-0.2, -0.15) is 0 Å². The van der Waals surface area contributed by atoms with Gasteiger partial charge in [0.05, 0.1) is 12.6 Å². The van der Waals surface area contributed by atoms with E-state index in [0.717, 1.165) is 49.4 Å². The third kappa shape index (κ3) is 9.03. The van der Waals surface area contributed by atoms with Crippen LogP contribution in [0, 0.1) is 11.7 Å². The summed E-state index contributed by atoms with van der Waals surface area (Å²) in [6, 6.07) is 11.5. The minimum absolute atomic E-state index is 0.0167. The molecule has 0 saturated carbocycles. The number of piperidine rings is 1. The Morgan fingerprint density at radius 2 is 1.64 bits per heavy atom. The topological polar surface area (TPSA) is 124 Å². The molecule has 2 aromatic carbocycles. The first kappa shape index (κ1) is 29.5. The number of fused-ring (bicyclic) bond motifs is 1. The molecule has 2 aliphatic heterocycles. The molecule has 208 valence electrons. The number of ether oxygens (including phenoxy) is 1. The van der Waals surface area contributed by atoms with E-state index in [1.54, 1.807) is 12.1 Å². The van der Waals surface area contributed by atoms with Gasteiger partial charge in [0.1, 0.15) is 11.6 Å². The predicted octanol–water partition coefficient (Wildman–Crippen LogP) is 3.88. The van der Waals surface area contributed by atoms with Crippen molar-refractivity contribution in [2.45, 2.75) is 39.3 Å². The lowest BCUT2D eigenvalue weighted by atomic mass is 9.95. The number of Topliss-reactive ketones (excluding diaryl/α,β-unsaturated/α-hetero) is 1. The molecular formula is C29H33FN2O7. The molecule has 4 rings (SSSR count). The van der Waals surface area contributed by atoms with Crippen molar-refractivity contribution in [1.82, 2.24) is 9.80 Å². The maximum atomic E-state index is 13.0. The summed E-state index contributed by atoms with van der Waals surface area (Å²) >= 11 is 0. The lowest BCUT2D eigenvalue weighted by Gasteiger charge is -2.33. The van der Waals surface area contributed by atoms with Crippen LogP contribution in [-0.4, -0.2) is 75.9 Å². The first-order chi connectivity index (χ1) is 18.5. The highest BCUT2D eigenvalue weighted by Crippen LogP contribution is 2.29. The first-order valence-corrected chi connectivity index (χ1v) is 12.8. The van der Waals surface area contributed by atoms with Crippen LogP contribution < -0.4 is 4.74 Å². The lowest BCUT2D eigenvalue weighted by Crippen LogP contribution is -2.40. The van der Waals surface area contributed by atoms with E-state index in [-0.39, 0.29) is 23.6 Å². The van der Waals surface area contributed by atoms with Crippen molar-refractivity contribution in [3.63, 3.8) is 0 Å². The number of rotatable bonds is 9. The van der Waals surface area contributed by atoms with E-state index in [4.69, 9.17) is 14.9 Å². The van der Waals surface area contributed by atoms with Gasteiger partial charge in [-0.05, 0) is 87.7 Å². The highest BCUT2D eigenvalue weighted by Gasteiger charge is 2.31. The summed E-state index contributed by atoms with van der Waals surface area (Å²) < 4.78 is 18.8. The Morgan fingerprint density at radius 1 is 1.03 bits per heavy atom. The van der Waals surface area contributed by atoms with Gasteiger partial charge in [0, 0.05) is 36.4 Å². The van der Waals surface area contributed by atoms with E-state index in [2.05, 4.69) is 4.90 Å². The Morgan fingerprint density at radius 3 is 2.21 bits per heavy atom. The summed E-state index contributed by atoms with van der Waals surface area (Å²) in [4.78, 5) is 48.5. The number of nitrogens with zero attached hydrogens (tertiary/aromatic N) is 2. The standard InChI is InChI=1S/C25H29FN2O3.C4H4O4/c1-17(2)31-22-8-5-20-15-28(25(30)23(20)13-22)14-18-9-11-27(12-10-18)16-24(29)19-3-6-21(26)7-4-19;5-3(6)1-2-4(7)8/h3-8,13,17-18H,9-12,14-16H2,1-2H3;1-2H,(H,5,6)(H,7,8). The SMILES string of the molecule is CC(C)Oc1ccc2c(c1)C(=O)N(CC1CCN(CC(=O)c3ccc(F)cc3)CC1)C2.O=C(O)C=CC(=O)O. The molecule has 2 aliphatic rings. The van der Waals surface area contributed by atoms with Crippen LogP contribution in [-0.2, 0) is 16.1 Å². The maximum absolute atomic E-state index is 13.0. The number of carbonyl (C=O) groups is 4. The van der Waals surface area contributed by atoms with Gasteiger partial charge in [0.2, 0.25) is 0 Å². The molecule has 0 radical (unpaired) electrons. The molecule has 1 amide bonds. The minimum atomic E-state index is -1.26. The second-order valence-corrected chi connectivity index (χ2v) is 9.83. The van der Waals surface area contributed by atoms with Crippen LogP contribution in [0.2, 0.25) is 0 Å². The van der Waals surface area contributed by atoms with Crippen molar-refractivity contribution < 1.29 is 38.5 Å². The Kier molecular flexibility index (Phi) is 10.3. The fraction of sp³-hybridized carbons (Fsp3) is 0.379. The highest BCUT2D eigenvalue weighted by molar-refractivity contribution is 5.99. The van der Waals surface area contributed by atoms with Crippen LogP contribution in [0.25, 0.3) is 0 Å². The second kappa shape index (κ2) is 13.7. The van der Waals surface area contributed by atoms with Gasteiger partial charge in [-0.3, -0.25) is 14.5 Å². The van der Waals surface area contributed by atoms with Gasteiger partial charge in [-0.15, -0.1) is 0 Å². The third-order valence-corrected chi connectivity index (χ3v) is 6.42. The van der Waals surface area contributed by atoms with E-state index < -0.39 is 11.9 Å². The molecule has 0 aliphatic carbocycles. The van der Waals surface area contributed by atoms with Gasteiger partial charge in [-0.25, -0.2) is 14.0 Å². The van der Waals surface area contributed by atoms with Gasteiger partial charge >= 0.3 is 11.9 Å². The quantitative estimate of drug-likeness (QED) is 0.363. The second-order valence-electron chi connectivity index (χ2n) is 9.83. The number of carboxylic acid groups (broad SMARTS) is 2. The van der Waals surface area contributed by atoms with E-state index in [1.165, 1.54) is 12.1 Å². The average Bonchev–Trinajstić information content (AvgIpc) is 3.19. The van der Waals surface area contributed by atoms with Crippen LogP contribution in [0.4, 0.5) is 4.39 Å². The summed E-state index contributed by atoms with van der Waals surface area (Å²) in [5.41, 5.74) is 2.36. The largest absolute Gasteiger partial charge is 0.491 e. The number of carboxylic acids is 2. The van der Waals surface area contributed by atoms with Crippen molar-refractivity contribution in [2.75, 3.05) is 26.2 Å². The molecule has 9 nitrogen and oxygen atoms in total. The molecule has 0 unspecified atom stereocenters. The zero-order valence-electron chi connectivity index (χ0n) is 22.0. The molecule has 0 spiro atoms. The summed E-state index contributed by atoms with van der Waals surface area (Å²) in [6.07, 6.45) is 3.10. The molecule has 2 heterocycles. The monoisotopic (exact) mass is 540 g/mol. The molecular weight excluding hydrogens is 507 g/mol. The fourth-order valence-electron chi connectivity index (χ4n) is 4.54. The molecule has 0 atom stereocenters. The van der Waals surface area contributed by atoms with E-state index in [9.17, 15) is 23.6 Å². The summed E-state index contributed by atoms with van der Waals surface area (Å²) in [5, 5.41) is 15.6. The van der Waals surface area contributed by atoms with Crippen LogP contribution in [0.5, 0.6) is 5.75 Å². The molecule has 2 N–H and O–H groups in total. The van der Waals surface area contributed by atoms with Crippen LogP contribution in [0.15, 0.2) is 54.6 Å². The van der Waals surface area contributed by atoms with Crippen LogP contribution in [0.1, 0.15) is 53.0 Å².